The second-order valence-electron chi connectivity index (χ2n) is 4.82. The molecule has 1 aliphatic carbocycles. The maximum atomic E-state index is 13.1. The predicted molar refractivity (Wildman–Crippen MR) is 81.2 cm³/mol. The number of ketones is 1. The number of hydrogen-bond donors (Lipinski definition) is 0. The number of fused-ring (bicyclic) bond motifs is 1. The molecule has 1 nitrogen and oxygen atoms in total. The molecule has 2 aromatic rings. The van der Waals surface area contributed by atoms with Crippen LogP contribution in [0.15, 0.2) is 52.5 Å². The Kier molecular flexibility index (Phi) is 3.53. The van der Waals surface area contributed by atoms with Crippen LogP contribution in [0.3, 0.4) is 0 Å². The van der Waals surface area contributed by atoms with Gasteiger partial charge in [-0.15, -0.1) is 0 Å². The summed E-state index contributed by atoms with van der Waals surface area (Å²) in [7, 11) is 0. The van der Waals surface area contributed by atoms with Gasteiger partial charge in [0, 0.05) is 15.6 Å². The molecule has 3 heteroatoms. The first-order chi connectivity index (χ1) is 9.65. The molecule has 0 fully saturated rings. The minimum atomic E-state index is -0.292. The van der Waals surface area contributed by atoms with Crippen LogP contribution in [0.25, 0.3) is 6.08 Å². The zero-order valence-corrected chi connectivity index (χ0v) is 12.3. The van der Waals surface area contributed by atoms with Crippen LogP contribution in [-0.2, 0) is 6.42 Å². The highest BCUT2D eigenvalue weighted by Crippen LogP contribution is 2.28. The van der Waals surface area contributed by atoms with E-state index in [1.807, 2.05) is 30.3 Å². The molecule has 0 aromatic heterocycles. The van der Waals surface area contributed by atoms with Crippen LogP contribution in [0.5, 0.6) is 0 Å². The highest BCUT2D eigenvalue weighted by Gasteiger charge is 2.21. The number of Topliss-reactive ketones (excluding diaryl/α,β-unsaturated/α-hetero) is 1. The highest BCUT2D eigenvalue weighted by atomic mass is 79.9. The summed E-state index contributed by atoms with van der Waals surface area (Å²) in [5.74, 6) is -0.220. The molecule has 0 aliphatic heterocycles. The molecule has 0 heterocycles. The Bertz CT molecular complexity index is 719. The third kappa shape index (κ3) is 2.46. The normalized spacial score (nSPS) is 16.3. The van der Waals surface area contributed by atoms with E-state index in [9.17, 15) is 9.18 Å². The Labute approximate surface area is 125 Å². The van der Waals surface area contributed by atoms with Crippen LogP contribution in [0.2, 0.25) is 0 Å². The van der Waals surface area contributed by atoms with Gasteiger partial charge in [-0.3, -0.25) is 4.79 Å². The van der Waals surface area contributed by atoms with Gasteiger partial charge in [-0.2, -0.15) is 0 Å². The van der Waals surface area contributed by atoms with Crippen LogP contribution in [0.4, 0.5) is 4.39 Å². The Morgan fingerprint density at radius 2 is 1.90 bits per heavy atom. The topological polar surface area (TPSA) is 17.1 Å². The van der Waals surface area contributed by atoms with Crippen molar-refractivity contribution in [1.29, 1.82) is 0 Å². The minimum absolute atomic E-state index is 0.0723. The smallest absolute Gasteiger partial charge is 0.189 e. The molecule has 0 amide bonds. The summed E-state index contributed by atoms with van der Waals surface area (Å²) < 4.78 is 13.7. The molecular weight excluding hydrogens is 319 g/mol. The van der Waals surface area contributed by atoms with E-state index in [1.165, 1.54) is 12.1 Å². The summed E-state index contributed by atoms with van der Waals surface area (Å²) in [6, 6.07) is 12.2. The van der Waals surface area contributed by atoms with Crippen molar-refractivity contribution in [3.63, 3.8) is 0 Å². The minimum Gasteiger partial charge on any atom is -0.289 e. The van der Waals surface area contributed by atoms with Crippen molar-refractivity contribution in [2.24, 2.45) is 0 Å². The molecule has 20 heavy (non-hydrogen) atoms. The molecule has 0 saturated carbocycles. The average Bonchev–Trinajstić information content (AvgIpc) is 2.45. The van der Waals surface area contributed by atoms with Crippen LogP contribution >= 0.6 is 15.9 Å². The fourth-order valence-electron chi connectivity index (χ4n) is 2.46. The van der Waals surface area contributed by atoms with Crippen molar-refractivity contribution >= 4 is 27.8 Å². The van der Waals surface area contributed by atoms with E-state index < -0.39 is 0 Å². The molecule has 0 atom stereocenters. The number of hydrogen-bond acceptors (Lipinski definition) is 1. The van der Waals surface area contributed by atoms with Crippen molar-refractivity contribution in [2.75, 3.05) is 0 Å². The fourth-order valence-corrected chi connectivity index (χ4v) is 2.92. The Balaban J connectivity index is 2.00. The summed E-state index contributed by atoms with van der Waals surface area (Å²) in [5, 5.41) is 0. The standard InChI is InChI=1S/C17H12BrFO/c18-16-10-14(19)8-7-12(16)9-13-6-5-11-3-1-2-4-15(11)17(13)20/h1-4,7-10H,5-6H2/b13-9+. The molecule has 100 valence electrons. The average molecular weight is 331 g/mol. The van der Waals surface area contributed by atoms with Crippen molar-refractivity contribution < 1.29 is 9.18 Å². The quantitative estimate of drug-likeness (QED) is 0.686. The van der Waals surface area contributed by atoms with Crippen molar-refractivity contribution in [3.05, 3.63) is 75.0 Å². The first-order valence-corrected chi connectivity index (χ1v) is 7.22. The SMILES string of the molecule is O=C1/C(=C/c2ccc(F)cc2Br)CCc2ccccc21. The number of carbonyl (C=O) groups excluding carboxylic acids is 1. The molecular formula is C17H12BrFO. The number of rotatable bonds is 1. The number of carbonyl (C=O) groups is 1. The lowest BCUT2D eigenvalue weighted by molar-refractivity contribution is 0.102. The van der Waals surface area contributed by atoms with Crippen LogP contribution in [0, 0.1) is 5.82 Å². The molecule has 0 bridgehead atoms. The van der Waals surface area contributed by atoms with Crippen LogP contribution in [-0.4, -0.2) is 5.78 Å². The summed E-state index contributed by atoms with van der Waals surface area (Å²) in [6.07, 6.45) is 3.44. The van der Waals surface area contributed by atoms with E-state index in [1.54, 1.807) is 6.07 Å². The maximum Gasteiger partial charge on any atom is 0.189 e. The monoisotopic (exact) mass is 330 g/mol. The lowest BCUT2D eigenvalue weighted by Gasteiger charge is -2.17. The summed E-state index contributed by atoms with van der Waals surface area (Å²) >= 11 is 3.33. The molecule has 0 N–H and O–H groups in total. The maximum absolute atomic E-state index is 13.1. The van der Waals surface area contributed by atoms with Gasteiger partial charge in [0.2, 0.25) is 0 Å². The fraction of sp³-hybridized carbons (Fsp3) is 0.118. The van der Waals surface area contributed by atoms with Gasteiger partial charge in [0.25, 0.3) is 0 Å². The second-order valence-corrected chi connectivity index (χ2v) is 5.68. The second kappa shape index (κ2) is 5.33. The Hall–Kier alpha value is -1.74. The predicted octanol–water partition coefficient (Wildman–Crippen LogP) is 4.80. The molecule has 0 radical (unpaired) electrons. The van der Waals surface area contributed by atoms with E-state index in [2.05, 4.69) is 15.9 Å². The van der Waals surface area contributed by atoms with Crippen molar-refractivity contribution in [1.82, 2.24) is 0 Å². The molecule has 0 saturated heterocycles. The van der Waals surface area contributed by atoms with Gasteiger partial charge in [0.15, 0.2) is 5.78 Å². The third-order valence-corrected chi connectivity index (χ3v) is 4.20. The van der Waals surface area contributed by atoms with E-state index in [-0.39, 0.29) is 11.6 Å². The van der Waals surface area contributed by atoms with Gasteiger partial charge in [0.05, 0.1) is 0 Å². The van der Waals surface area contributed by atoms with Gasteiger partial charge >= 0.3 is 0 Å². The summed E-state index contributed by atoms with van der Waals surface area (Å²) in [4.78, 5) is 12.4. The van der Waals surface area contributed by atoms with Gasteiger partial charge in [0.1, 0.15) is 5.82 Å². The molecule has 0 unspecified atom stereocenters. The van der Waals surface area contributed by atoms with Crippen molar-refractivity contribution in [2.45, 2.75) is 12.8 Å². The lowest BCUT2D eigenvalue weighted by atomic mass is 9.86. The van der Waals surface area contributed by atoms with E-state index >= 15 is 0 Å². The Morgan fingerprint density at radius 3 is 2.70 bits per heavy atom. The van der Waals surface area contributed by atoms with Gasteiger partial charge < -0.3 is 0 Å². The van der Waals surface area contributed by atoms with Gasteiger partial charge in [-0.1, -0.05) is 46.3 Å². The molecule has 0 spiro atoms. The zero-order chi connectivity index (χ0) is 14.1. The van der Waals surface area contributed by atoms with E-state index in [4.69, 9.17) is 0 Å². The van der Waals surface area contributed by atoms with Gasteiger partial charge in [-0.25, -0.2) is 4.39 Å². The van der Waals surface area contributed by atoms with Crippen molar-refractivity contribution in [3.8, 4) is 0 Å². The number of allylic oxidation sites excluding steroid dienone is 1. The van der Waals surface area contributed by atoms with Crippen LogP contribution < -0.4 is 0 Å². The first kappa shape index (κ1) is 13.3. The number of benzene rings is 2. The lowest BCUT2D eigenvalue weighted by Crippen LogP contribution is -2.13. The Morgan fingerprint density at radius 1 is 1.10 bits per heavy atom. The molecule has 1 aliphatic rings. The zero-order valence-electron chi connectivity index (χ0n) is 10.7. The van der Waals surface area contributed by atoms with Gasteiger partial charge in [-0.05, 0) is 42.2 Å². The third-order valence-electron chi connectivity index (χ3n) is 3.51. The summed E-state index contributed by atoms with van der Waals surface area (Å²) in [6.45, 7) is 0. The van der Waals surface area contributed by atoms with E-state index in [0.717, 1.165) is 35.1 Å². The summed E-state index contributed by atoms with van der Waals surface area (Å²) in [5.41, 5.74) is 3.49. The van der Waals surface area contributed by atoms with E-state index in [0.29, 0.717) is 4.47 Å². The largest absolute Gasteiger partial charge is 0.289 e. The van der Waals surface area contributed by atoms with Crippen LogP contribution in [0.1, 0.15) is 27.9 Å². The molecule has 2 aromatic carbocycles. The molecule has 3 rings (SSSR count). The number of halogens is 2. The highest BCUT2D eigenvalue weighted by molar-refractivity contribution is 9.10. The first-order valence-electron chi connectivity index (χ1n) is 6.43. The number of aryl methyl sites for hydroxylation is 1.